The summed E-state index contributed by atoms with van der Waals surface area (Å²) in [6, 6.07) is 1.12. The number of hydrogen-bond donors (Lipinski definition) is 0. The van der Waals surface area contributed by atoms with Gasteiger partial charge < -0.3 is 13.6 Å². The van der Waals surface area contributed by atoms with E-state index in [4.69, 9.17) is 13.6 Å². The van der Waals surface area contributed by atoms with Gasteiger partial charge in [-0.1, -0.05) is 57.9 Å². The minimum absolute atomic E-state index is 0.0954. The molecule has 0 heterocycles. The van der Waals surface area contributed by atoms with Crippen molar-refractivity contribution in [3.05, 3.63) is 12.2 Å². The lowest BCUT2D eigenvalue weighted by Crippen LogP contribution is -2.18. The Hall–Kier alpha value is -0.653. The van der Waals surface area contributed by atoms with Crippen LogP contribution in [0, 0.1) is 0 Å². The van der Waals surface area contributed by atoms with Crippen LogP contribution in [0.1, 0.15) is 71.1 Å². The molecule has 0 aromatic rings. The largest absolute Gasteiger partial charge is 0.461 e. The summed E-state index contributed by atoms with van der Waals surface area (Å²) < 4.78 is 15.7. The molecule has 0 aromatic carbocycles. The van der Waals surface area contributed by atoms with Crippen molar-refractivity contribution in [2.24, 2.45) is 0 Å². The van der Waals surface area contributed by atoms with Gasteiger partial charge in [0.2, 0.25) is 0 Å². The van der Waals surface area contributed by atoms with E-state index in [-0.39, 0.29) is 5.97 Å². The average Bonchev–Trinajstić information content (AvgIpc) is 2.54. The molecule has 0 spiro atoms. The lowest BCUT2D eigenvalue weighted by Gasteiger charge is -2.10. The molecule has 0 unspecified atom stereocenters. The monoisotopic (exact) mass is 344 g/mol. The molecule has 23 heavy (non-hydrogen) atoms. The third-order valence-corrected chi connectivity index (χ3v) is 5.76. The Labute approximate surface area is 144 Å². The zero-order valence-electron chi connectivity index (χ0n) is 15.4. The van der Waals surface area contributed by atoms with Gasteiger partial charge in [-0.05, 0) is 25.0 Å². The fourth-order valence-electron chi connectivity index (χ4n) is 2.43. The summed E-state index contributed by atoms with van der Waals surface area (Å²) in [5.74, 6) is -0.0954. The highest BCUT2D eigenvalue weighted by Gasteiger charge is 2.07. The summed E-state index contributed by atoms with van der Waals surface area (Å²) in [6.07, 6.45) is 11.5. The van der Waals surface area contributed by atoms with Crippen molar-refractivity contribution in [3.8, 4) is 0 Å². The highest BCUT2D eigenvalue weighted by Crippen LogP contribution is 2.12. The van der Waals surface area contributed by atoms with Crippen LogP contribution in [0.2, 0.25) is 6.04 Å². The maximum Gasteiger partial charge on any atom is 0.320 e. The van der Waals surface area contributed by atoms with Crippen LogP contribution in [0.4, 0.5) is 0 Å². The summed E-state index contributed by atoms with van der Waals surface area (Å²) in [4.78, 5) is 11.4. The van der Waals surface area contributed by atoms with Gasteiger partial charge in [0.25, 0.3) is 0 Å². The maximum atomic E-state index is 11.4. The van der Waals surface area contributed by atoms with Crippen molar-refractivity contribution in [3.63, 3.8) is 0 Å². The van der Waals surface area contributed by atoms with Crippen LogP contribution in [0.5, 0.6) is 0 Å². The highest BCUT2D eigenvalue weighted by atomic mass is 28.3. The third kappa shape index (κ3) is 16.0. The molecule has 0 saturated heterocycles. The smallest absolute Gasteiger partial charge is 0.320 e. The highest BCUT2D eigenvalue weighted by molar-refractivity contribution is 6.44. The van der Waals surface area contributed by atoms with E-state index in [1.165, 1.54) is 44.9 Å². The summed E-state index contributed by atoms with van der Waals surface area (Å²) in [5.41, 5.74) is 0.889. The SMILES string of the molecule is C=C(C)COC(=O)CCCCCCCCCCC[SiH](OC)OC. The first-order chi connectivity index (χ1) is 11.1. The molecule has 4 nitrogen and oxygen atoms in total. The van der Waals surface area contributed by atoms with Crippen molar-refractivity contribution in [1.29, 1.82) is 0 Å². The molecule has 0 aromatic heterocycles. The number of ether oxygens (including phenoxy) is 1. The van der Waals surface area contributed by atoms with Gasteiger partial charge in [0, 0.05) is 20.6 Å². The van der Waals surface area contributed by atoms with E-state index in [0.29, 0.717) is 13.0 Å². The third-order valence-electron chi connectivity index (χ3n) is 3.83. The van der Waals surface area contributed by atoms with Gasteiger partial charge in [-0.25, -0.2) is 0 Å². The zero-order valence-corrected chi connectivity index (χ0v) is 16.6. The molecule has 0 aliphatic heterocycles. The number of esters is 1. The van der Waals surface area contributed by atoms with Crippen LogP contribution < -0.4 is 0 Å². The minimum Gasteiger partial charge on any atom is -0.461 e. The average molecular weight is 345 g/mol. The Morgan fingerprint density at radius 1 is 0.870 bits per heavy atom. The summed E-state index contributed by atoms with van der Waals surface area (Å²) >= 11 is 0. The van der Waals surface area contributed by atoms with E-state index in [1.807, 2.05) is 6.92 Å². The number of rotatable bonds is 16. The number of hydrogen-bond acceptors (Lipinski definition) is 4. The molecular weight excluding hydrogens is 308 g/mol. The predicted molar refractivity (Wildman–Crippen MR) is 97.9 cm³/mol. The molecule has 0 aliphatic carbocycles. The van der Waals surface area contributed by atoms with Crippen LogP contribution in [-0.4, -0.2) is 36.1 Å². The van der Waals surface area contributed by atoms with Gasteiger partial charge in [-0.15, -0.1) is 0 Å². The maximum absolute atomic E-state index is 11.4. The molecule has 0 amide bonds. The minimum atomic E-state index is -1.33. The van der Waals surface area contributed by atoms with E-state index >= 15 is 0 Å². The molecule has 0 N–H and O–H groups in total. The lowest BCUT2D eigenvalue weighted by molar-refractivity contribution is -0.142. The van der Waals surface area contributed by atoms with Crippen molar-refractivity contribution in [1.82, 2.24) is 0 Å². The first-order valence-corrected chi connectivity index (χ1v) is 10.7. The predicted octanol–water partition coefficient (Wildman–Crippen LogP) is 4.52. The Bertz CT molecular complexity index is 303. The molecule has 0 atom stereocenters. The summed E-state index contributed by atoms with van der Waals surface area (Å²) in [7, 11) is 2.17. The fourth-order valence-corrected chi connectivity index (χ4v) is 3.71. The van der Waals surface area contributed by atoms with Crippen molar-refractivity contribution in [2.75, 3.05) is 20.8 Å². The van der Waals surface area contributed by atoms with E-state index in [9.17, 15) is 4.79 Å². The number of unbranched alkanes of at least 4 members (excludes halogenated alkanes) is 8. The molecule has 5 heteroatoms. The summed E-state index contributed by atoms with van der Waals surface area (Å²) in [5, 5.41) is 0. The molecule has 136 valence electrons. The van der Waals surface area contributed by atoms with E-state index < -0.39 is 9.28 Å². The van der Waals surface area contributed by atoms with Crippen LogP contribution in [0.25, 0.3) is 0 Å². The van der Waals surface area contributed by atoms with Gasteiger partial charge in [-0.3, -0.25) is 4.79 Å². The van der Waals surface area contributed by atoms with Crippen molar-refractivity contribution < 1.29 is 18.4 Å². The fraction of sp³-hybridized carbons (Fsp3) is 0.833. The van der Waals surface area contributed by atoms with Gasteiger partial charge >= 0.3 is 15.3 Å². The molecule has 0 fully saturated rings. The van der Waals surface area contributed by atoms with Gasteiger partial charge in [0.05, 0.1) is 0 Å². The first-order valence-electron chi connectivity index (χ1n) is 8.95. The summed E-state index contributed by atoms with van der Waals surface area (Å²) in [6.45, 7) is 5.94. The molecule has 0 radical (unpaired) electrons. The van der Waals surface area contributed by atoms with Crippen molar-refractivity contribution >= 4 is 15.3 Å². The van der Waals surface area contributed by atoms with E-state index in [1.54, 1.807) is 14.2 Å². The topological polar surface area (TPSA) is 44.8 Å². The quantitative estimate of drug-likeness (QED) is 0.179. The van der Waals surface area contributed by atoms with Crippen LogP contribution in [0.3, 0.4) is 0 Å². The van der Waals surface area contributed by atoms with Gasteiger partial charge in [0.1, 0.15) is 6.61 Å². The first kappa shape index (κ1) is 22.3. The molecule has 0 aliphatic rings. The van der Waals surface area contributed by atoms with Gasteiger partial charge in [0.15, 0.2) is 0 Å². The normalized spacial score (nSPS) is 11.0. The molecule has 0 bridgehead atoms. The van der Waals surface area contributed by atoms with Gasteiger partial charge in [-0.2, -0.15) is 0 Å². The lowest BCUT2D eigenvalue weighted by atomic mass is 10.1. The second-order valence-corrected chi connectivity index (χ2v) is 8.62. The zero-order chi connectivity index (χ0) is 17.3. The Balaban J connectivity index is 3.22. The van der Waals surface area contributed by atoms with Crippen LogP contribution >= 0.6 is 0 Å². The van der Waals surface area contributed by atoms with E-state index in [2.05, 4.69) is 6.58 Å². The number of carbonyl (C=O) groups excluding carboxylic acids is 1. The number of carbonyl (C=O) groups is 1. The van der Waals surface area contributed by atoms with Crippen LogP contribution in [-0.2, 0) is 18.4 Å². The molecular formula is C18H36O4Si. The molecule has 0 saturated carbocycles. The van der Waals surface area contributed by atoms with E-state index in [0.717, 1.165) is 24.5 Å². The van der Waals surface area contributed by atoms with Crippen LogP contribution in [0.15, 0.2) is 12.2 Å². The Morgan fingerprint density at radius 3 is 1.83 bits per heavy atom. The molecule has 0 rings (SSSR count). The standard InChI is InChI=1S/C18H36O4Si/c1-17(2)16-22-18(19)14-12-10-8-6-5-7-9-11-13-15-23(20-3)21-4/h23H,1,5-16H2,2-4H3. The second-order valence-electron chi connectivity index (χ2n) is 6.24. The Morgan fingerprint density at radius 2 is 1.35 bits per heavy atom. The second kappa shape index (κ2) is 16.2. The Kier molecular flexibility index (Phi) is 15.8. The van der Waals surface area contributed by atoms with Crippen molar-refractivity contribution in [2.45, 2.75) is 77.2 Å².